The molecule has 4 heteroatoms. The second-order valence-electron chi connectivity index (χ2n) is 4.10. The third-order valence-electron chi connectivity index (χ3n) is 2.57. The van der Waals surface area contributed by atoms with Gasteiger partial charge in [0.1, 0.15) is 5.82 Å². The smallest absolute Gasteiger partial charge is 0.125 e. The number of rotatable bonds is 5. The van der Waals surface area contributed by atoms with E-state index in [4.69, 9.17) is 4.42 Å². The quantitative estimate of drug-likeness (QED) is 0.857. The van der Waals surface area contributed by atoms with Crippen LogP contribution in [-0.2, 0) is 13.1 Å². The van der Waals surface area contributed by atoms with Crippen LogP contribution in [0.25, 0.3) is 0 Å². The van der Waals surface area contributed by atoms with Crippen LogP contribution in [0.5, 0.6) is 0 Å². The van der Waals surface area contributed by atoms with Gasteiger partial charge in [0.05, 0.1) is 12.5 Å². The van der Waals surface area contributed by atoms with Crippen molar-refractivity contribution in [3.8, 4) is 0 Å². The van der Waals surface area contributed by atoms with E-state index in [1.807, 2.05) is 25.4 Å². The minimum atomic E-state index is 0.883. The summed E-state index contributed by atoms with van der Waals surface area (Å²) in [7, 11) is 3.97. The van der Waals surface area contributed by atoms with Crippen LogP contribution in [0.2, 0.25) is 0 Å². The second-order valence-corrected chi connectivity index (χ2v) is 4.10. The fraction of sp³-hybridized carbons (Fsp3) is 0.308. The molecule has 0 saturated carbocycles. The molecule has 2 aromatic rings. The van der Waals surface area contributed by atoms with Crippen molar-refractivity contribution >= 4 is 5.82 Å². The van der Waals surface area contributed by atoms with Gasteiger partial charge in [0, 0.05) is 31.9 Å². The molecule has 0 aromatic carbocycles. The lowest BCUT2D eigenvalue weighted by molar-refractivity contribution is 0.318. The summed E-state index contributed by atoms with van der Waals surface area (Å²) in [6.07, 6.45) is 5.31. The minimum Gasteiger partial charge on any atom is -0.472 e. The van der Waals surface area contributed by atoms with Crippen LogP contribution in [0.1, 0.15) is 11.1 Å². The van der Waals surface area contributed by atoms with Crippen molar-refractivity contribution in [2.75, 3.05) is 19.4 Å². The van der Waals surface area contributed by atoms with Crippen molar-refractivity contribution in [3.63, 3.8) is 0 Å². The van der Waals surface area contributed by atoms with Crippen LogP contribution < -0.4 is 5.32 Å². The maximum atomic E-state index is 5.06. The zero-order valence-electron chi connectivity index (χ0n) is 10.2. The molecule has 0 saturated heterocycles. The number of furan rings is 1. The predicted octanol–water partition coefficient (Wildman–Crippen LogP) is 2.35. The van der Waals surface area contributed by atoms with E-state index in [2.05, 4.69) is 28.3 Å². The second kappa shape index (κ2) is 5.50. The molecule has 0 atom stereocenters. The van der Waals surface area contributed by atoms with Gasteiger partial charge >= 0.3 is 0 Å². The minimum absolute atomic E-state index is 0.883. The maximum absolute atomic E-state index is 5.06. The molecule has 0 aliphatic rings. The molecule has 0 spiro atoms. The molecule has 0 unspecified atom stereocenters. The Hall–Kier alpha value is -1.81. The lowest BCUT2D eigenvalue weighted by Crippen LogP contribution is -2.17. The third-order valence-corrected chi connectivity index (χ3v) is 2.57. The first-order valence-electron chi connectivity index (χ1n) is 5.60. The third kappa shape index (κ3) is 3.32. The highest BCUT2D eigenvalue weighted by Crippen LogP contribution is 2.10. The molecule has 17 heavy (non-hydrogen) atoms. The highest BCUT2D eigenvalue weighted by atomic mass is 16.3. The topological polar surface area (TPSA) is 41.3 Å². The zero-order valence-corrected chi connectivity index (χ0v) is 10.2. The van der Waals surface area contributed by atoms with Crippen LogP contribution in [0, 0.1) is 0 Å². The van der Waals surface area contributed by atoms with Gasteiger partial charge in [-0.25, -0.2) is 4.98 Å². The lowest BCUT2D eigenvalue weighted by Gasteiger charge is -2.15. The van der Waals surface area contributed by atoms with Gasteiger partial charge in [-0.15, -0.1) is 0 Å². The van der Waals surface area contributed by atoms with Crippen molar-refractivity contribution in [1.29, 1.82) is 0 Å². The monoisotopic (exact) mass is 231 g/mol. The summed E-state index contributed by atoms with van der Waals surface area (Å²) >= 11 is 0. The molecular formula is C13H17N3O. The summed E-state index contributed by atoms with van der Waals surface area (Å²) in [6, 6.07) is 6.08. The van der Waals surface area contributed by atoms with Gasteiger partial charge in [-0.1, -0.05) is 0 Å². The molecule has 0 aliphatic carbocycles. The summed E-state index contributed by atoms with van der Waals surface area (Å²) in [5, 5.41) is 3.04. The summed E-state index contributed by atoms with van der Waals surface area (Å²) in [5.74, 6) is 0.902. The molecule has 1 N–H and O–H groups in total. The molecule has 2 rings (SSSR count). The number of anilines is 1. The van der Waals surface area contributed by atoms with Crippen LogP contribution in [0.4, 0.5) is 5.82 Å². The first-order valence-corrected chi connectivity index (χ1v) is 5.60. The van der Waals surface area contributed by atoms with E-state index >= 15 is 0 Å². The number of hydrogen-bond donors (Lipinski definition) is 1. The highest BCUT2D eigenvalue weighted by Gasteiger charge is 2.03. The Morgan fingerprint density at radius 3 is 2.82 bits per heavy atom. The van der Waals surface area contributed by atoms with E-state index < -0.39 is 0 Å². The standard InChI is InChI=1S/C13H17N3O/c1-14-13-7-11(3-5-15-13)8-16(2)9-12-4-6-17-10-12/h3-7,10H,8-9H2,1-2H3,(H,14,15). The Kier molecular flexibility index (Phi) is 3.77. The summed E-state index contributed by atoms with van der Waals surface area (Å²) in [6.45, 7) is 1.77. The average Bonchev–Trinajstić information content (AvgIpc) is 2.82. The van der Waals surface area contributed by atoms with Gasteiger partial charge in [0.2, 0.25) is 0 Å². The molecule has 90 valence electrons. The van der Waals surface area contributed by atoms with Crippen molar-refractivity contribution in [2.45, 2.75) is 13.1 Å². The van der Waals surface area contributed by atoms with Gasteiger partial charge in [-0.05, 0) is 30.8 Å². The number of nitrogens with one attached hydrogen (secondary N) is 1. The number of pyridine rings is 1. The van der Waals surface area contributed by atoms with Gasteiger partial charge in [-0.2, -0.15) is 0 Å². The van der Waals surface area contributed by atoms with Crippen molar-refractivity contribution in [1.82, 2.24) is 9.88 Å². The Morgan fingerprint density at radius 2 is 2.12 bits per heavy atom. The molecule has 4 nitrogen and oxygen atoms in total. The van der Waals surface area contributed by atoms with E-state index in [0.29, 0.717) is 0 Å². The van der Waals surface area contributed by atoms with Gasteiger partial charge in [0.15, 0.2) is 0 Å². The average molecular weight is 231 g/mol. The number of aromatic nitrogens is 1. The van der Waals surface area contributed by atoms with Crippen LogP contribution >= 0.6 is 0 Å². The van der Waals surface area contributed by atoms with Gasteiger partial charge < -0.3 is 9.73 Å². The van der Waals surface area contributed by atoms with Crippen molar-refractivity contribution < 1.29 is 4.42 Å². The SMILES string of the molecule is CNc1cc(CN(C)Cc2ccoc2)ccn1. The molecule has 2 heterocycles. The first kappa shape index (κ1) is 11.7. The molecular weight excluding hydrogens is 214 g/mol. The molecule has 0 aliphatic heterocycles. The summed E-state index contributed by atoms with van der Waals surface area (Å²) in [4.78, 5) is 6.43. The molecule has 0 fully saturated rings. The van der Waals surface area contributed by atoms with Crippen molar-refractivity contribution in [3.05, 3.63) is 48.0 Å². The zero-order chi connectivity index (χ0) is 12.1. The fourth-order valence-electron chi connectivity index (χ4n) is 1.77. The Labute approximate surface area is 101 Å². The van der Waals surface area contributed by atoms with Crippen molar-refractivity contribution in [2.24, 2.45) is 0 Å². The van der Waals surface area contributed by atoms with E-state index in [0.717, 1.165) is 18.9 Å². The highest BCUT2D eigenvalue weighted by molar-refractivity contribution is 5.36. The summed E-state index contributed by atoms with van der Waals surface area (Å²) in [5.41, 5.74) is 2.44. The van der Waals surface area contributed by atoms with E-state index in [9.17, 15) is 0 Å². The maximum Gasteiger partial charge on any atom is 0.125 e. The Morgan fingerprint density at radius 1 is 1.29 bits per heavy atom. The van der Waals surface area contributed by atoms with Gasteiger partial charge in [0.25, 0.3) is 0 Å². The lowest BCUT2D eigenvalue weighted by atomic mass is 10.2. The van der Waals surface area contributed by atoms with E-state index in [1.165, 1.54) is 11.1 Å². The predicted molar refractivity (Wildman–Crippen MR) is 67.7 cm³/mol. The van der Waals surface area contributed by atoms with E-state index in [1.54, 1.807) is 12.5 Å². The fourth-order valence-corrected chi connectivity index (χ4v) is 1.77. The molecule has 0 bridgehead atoms. The van der Waals surface area contributed by atoms with Gasteiger partial charge in [-0.3, -0.25) is 4.90 Å². The first-order chi connectivity index (χ1) is 8.28. The Balaban J connectivity index is 1.95. The van der Waals surface area contributed by atoms with Crippen LogP contribution in [0.3, 0.4) is 0 Å². The molecule has 2 aromatic heterocycles. The molecule has 0 radical (unpaired) electrons. The normalized spacial score (nSPS) is 10.8. The molecule has 0 amide bonds. The summed E-state index contributed by atoms with van der Waals surface area (Å²) < 4.78 is 5.06. The number of nitrogens with zero attached hydrogens (tertiary/aromatic N) is 2. The number of hydrogen-bond acceptors (Lipinski definition) is 4. The Bertz CT molecular complexity index is 453. The van der Waals surface area contributed by atoms with Crippen LogP contribution in [-0.4, -0.2) is 24.0 Å². The van der Waals surface area contributed by atoms with Crippen LogP contribution in [0.15, 0.2) is 41.3 Å². The van der Waals surface area contributed by atoms with E-state index in [-0.39, 0.29) is 0 Å². The largest absolute Gasteiger partial charge is 0.472 e.